The lowest BCUT2D eigenvalue weighted by molar-refractivity contribution is 0.140. The Labute approximate surface area is 87.7 Å². The second-order valence-electron chi connectivity index (χ2n) is 2.92. The predicted octanol–water partition coefficient (Wildman–Crippen LogP) is 1.28. The van der Waals surface area contributed by atoms with E-state index in [-0.39, 0.29) is 12.4 Å². The molecule has 2 N–H and O–H groups in total. The number of nitrogens with two attached hydrogens (primary N) is 1. The zero-order chi connectivity index (χ0) is 11.3. The molecule has 0 heterocycles. The Morgan fingerprint density at radius 2 is 2.00 bits per heavy atom. The number of methoxy groups -OCH3 is 2. The van der Waals surface area contributed by atoms with Crippen molar-refractivity contribution in [2.24, 2.45) is 5.90 Å². The molecule has 0 aliphatic carbocycles. The van der Waals surface area contributed by atoms with Gasteiger partial charge in [-0.1, -0.05) is 0 Å². The second-order valence-corrected chi connectivity index (χ2v) is 2.92. The highest BCUT2D eigenvalue weighted by molar-refractivity contribution is 5.40. The highest BCUT2D eigenvalue weighted by Crippen LogP contribution is 2.27. The Kier molecular flexibility index (Phi) is 4.33. The van der Waals surface area contributed by atoms with Gasteiger partial charge in [-0.3, -0.25) is 0 Å². The van der Waals surface area contributed by atoms with Crippen molar-refractivity contribution in [2.45, 2.75) is 6.42 Å². The van der Waals surface area contributed by atoms with Crippen LogP contribution in [-0.4, -0.2) is 20.8 Å². The van der Waals surface area contributed by atoms with Gasteiger partial charge in [-0.15, -0.1) is 0 Å². The molecule has 0 aromatic heterocycles. The Morgan fingerprint density at radius 3 is 2.53 bits per heavy atom. The van der Waals surface area contributed by atoms with Crippen LogP contribution in [0.3, 0.4) is 0 Å². The molecule has 0 aliphatic rings. The number of hydrogen-bond acceptors (Lipinski definition) is 4. The smallest absolute Gasteiger partial charge is 0.168 e. The van der Waals surface area contributed by atoms with E-state index in [0.717, 1.165) is 0 Å². The molecule has 0 fully saturated rings. The maximum Gasteiger partial charge on any atom is 0.168 e. The number of benzene rings is 1. The van der Waals surface area contributed by atoms with Gasteiger partial charge in [0.2, 0.25) is 0 Å². The van der Waals surface area contributed by atoms with Crippen LogP contribution in [-0.2, 0) is 11.3 Å². The summed E-state index contributed by atoms with van der Waals surface area (Å²) in [6.07, 6.45) is 0.371. The summed E-state index contributed by atoms with van der Waals surface area (Å²) in [5, 5.41) is 0. The molecule has 0 saturated carbocycles. The summed E-state index contributed by atoms with van der Waals surface area (Å²) >= 11 is 0. The number of halogens is 1. The monoisotopic (exact) mass is 215 g/mol. The van der Waals surface area contributed by atoms with Gasteiger partial charge >= 0.3 is 0 Å². The minimum atomic E-state index is -0.407. The van der Waals surface area contributed by atoms with Gasteiger partial charge in [0, 0.05) is 12.5 Å². The molecular formula is C10H14FNO3. The van der Waals surface area contributed by atoms with Crippen molar-refractivity contribution < 1.29 is 18.7 Å². The summed E-state index contributed by atoms with van der Waals surface area (Å²) in [5.41, 5.74) is 0.455. The maximum absolute atomic E-state index is 13.6. The van der Waals surface area contributed by atoms with E-state index in [1.54, 1.807) is 6.07 Å². The topological polar surface area (TPSA) is 53.7 Å². The van der Waals surface area contributed by atoms with Crippen molar-refractivity contribution in [3.8, 4) is 11.5 Å². The molecule has 1 rings (SSSR count). The van der Waals surface area contributed by atoms with Crippen molar-refractivity contribution in [1.82, 2.24) is 0 Å². The molecule has 0 aliphatic heterocycles. The fourth-order valence-corrected chi connectivity index (χ4v) is 1.24. The predicted molar refractivity (Wildman–Crippen MR) is 53.3 cm³/mol. The zero-order valence-electron chi connectivity index (χ0n) is 8.75. The molecule has 0 atom stereocenters. The van der Waals surface area contributed by atoms with E-state index < -0.39 is 5.82 Å². The molecule has 0 bridgehead atoms. The van der Waals surface area contributed by atoms with E-state index in [2.05, 4.69) is 4.84 Å². The Morgan fingerprint density at radius 1 is 1.27 bits per heavy atom. The van der Waals surface area contributed by atoms with E-state index in [4.69, 9.17) is 15.4 Å². The van der Waals surface area contributed by atoms with Gasteiger partial charge < -0.3 is 14.3 Å². The average molecular weight is 215 g/mol. The van der Waals surface area contributed by atoms with Gasteiger partial charge in [-0.25, -0.2) is 10.3 Å². The van der Waals surface area contributed by atoms with Gasteiger partial charge in [0.25, 0.3) is 0 Å². The molecule has 4 nitrogen and oxygen atoms in total. The summed E-state index contributed by atoms with van der Waals surface area (Å²) in [5.74, 6) is 5.17. The molecule has 84 valence electrons. The minimum Gasteiger partial charge on any atom is -0.497 e. The Balaban J connectivity index is 3.01. The van der Waals surface area contributed by atoms with E-state index >= 15 is 0 Å². The van der Waals surface area contributed by atoms with Crippen LogP contribution in [0.4, 0.5) is 4.39 Å². The number of hydrogen-bond donors (Lipinski definition) is 1. The first kappa shape index (κ1) is 11.7. The van der Waals surface area contributed by atoms with Crippen LogP contribution in [0.1, 0.15) is 5.56 Å². The van der Waals surface area contributed by atoms with Crippen LogP contribution in [0.15, 0.2) is 12.1 Å². The SMILES string of the molecule is COc1cc(CCON)c(F)c(OC)c1. The van der Waals surface area contributed by atoms with Crippen LogP contribution in [0, 0.1) is 5.82 Å². The normalized spacial score (nSPS) is 10.1. The lowest BCUT2D eigenvalue weighted by atomic mass is 10.1. The van der Waals surface area contributed by atoms with Crippen LogP contribution < -0.4 is 15.4 Å². The van der Waals surface area contributed by atoms with E-state index in [0.29, 0.717) is 17.7 Å². The minimum absolute atomic E-state index is 0.154. The van der Waals surface area contributed by atoms with Gasteiger partial charge in [0.15, 0.2) is 11.6 Å². The summed E-state index contributed by atoms with van der Waals surface area (Å²) in [6, 6.07) is 3.08. The van der Waals surface area contributed by atoms with Gasteiger partial charge in [-0.2, -0.15) is 0 Å². The number of rotatable bonds is 5. The first-order valence-electron chi connectivity index (χ1n) is 4.45. The van der Waals surface area contributed by atoms with E-state index in [9.17, 15) is 4.39 Å². The van der Waals surface area contributed by atoms with E-state index in [1.807, 2.05) is 0 Å². The molecule has 15 heavy (non-hydrogen) atoms. The largest absolute Gasteiger partial charge is 0.497 e. The first-order chi connectivity index (χ1) is 7.22. The average Bonchev–Trinajstić information content (AvgIpc) is 2.27. The standard InChI is InChI=1S/C10H14FNO3/c1-13-8-5-7(3-4-15-12)10(11)9(6-8)14-2/h5-6H,3-4,12H2,1-2H3. The lowest BCUT2D eigenvalue weighted by Gasteiger charge is -2.09. The van der Waals surface area contributed by atoms with E-state index in [1.165, 1.54) is 20.3 Å². The van der Waals surface area contributed by atoms with Crippen LogP contribution in [0.5, 0.6) is 11.5 Å². The summed E-state index contributed by atoms with van der Waals surface area (Å²) in [4.78, 5) is 4.40. The van der Waals surface area contributed by atoms with Crippen LogP contribution in [0.2, 0.25) is 0 Å². The number of ether oxygens (including phenoxy) is 2. The first-order valence-corrected chi connectivity index (χ1v) is 4.45. The van der Waals surface area contributed by atoms with Gasteiger partial charge in [0.1, 0.15) is 5.75 Å². The van der Waals surface area contributed by atoms with Crippen molar-refractivity contribution in [3.63, 3.8) is 0 Å². The third-order valence-corrected chi connectivity index (χ3v) is 2.03. The molecule has 0 amide bonds. The molecule has 0 saturated heterocycles. The quantitative estimate of drug-likeness (QED) is 0.752. The highest BCUT2D eigenvalue weighted by Gasteiger charge is 2.11. The molecular weight excluding hydrogens is 201 g/mol. The fraction of sp³-hybridized carbons (Fsp3) is 0.400. The van der Waals surface area contributed by atoms with Gasteiger partial charge in [-0.05, 0) is 11.6 Å². The summed E-state index contributed by atoms with van der Waals surface area (Å²) in [7, 11) is 2.91. The molecule has 0 radical (unpaired) electrons. The highest BCUT2D eigenvalue weighted by atomic mass is 19.1. The fourth-order valence-electron chi connectivity index (χ4n) is 1.24. The Hall–Kier alpha value is -1.33. The maximum atomic E-state index is 13.6. The van der Waals surface area contributed by atoms with Crippen LogP contribution in [0.25, 0.3) is 0 Å². The van der Waals surface area contributed by atoms with Crippen molar-refractivity contribution in [2.75, 3.05) is 20.8 Å². The summed E-state index contributed by atoms with van der Waals surface area (Å²) < 4.78 is 23.5. The third kappa shape index (κ3) is 2.81. The molecule has 1 aromatic carbocycles. The molecule has 1 aromatic rings. The second kappa shape index (κ2) is 5.53. The molecule has 0 spiro atoms. The summed E-state index contributed by atoms with van der Waals surface area (Å²) in [6.45, 7) is 0.243. The van der Waals surface area contributed by atoms with Crippen molar-refractivity contribution >= 4 is 0 Å². The van der Waals surface area contributed by atoms with Crippen molar-refractivity contribution in [3.05, 3.63) is 23.5 Å². The van der Waals surface area contributed by atoms with Crippen LogP contribution >= 0.6 is 0 Å². The Bertz CT molecular complexity index is 331. The third-order valence-electron chi connectivity index (χ3n) is 2.03. The van der Waals surface area contributed by atoms with Gasteiger partial charge in [0.05, 0.1) is 20.8 Å². The molecule has 0 unspecified atom stereocenters. The zero-order valence-corrected chi connectivity index (χ0v) is 8.75. The lowest BCUT2D eigenvalue weighted by Crippen LogP contribution is -2.06. The van der Waals surface area contributed by atoms with Crippen molar-refractivity contribution in [1.29, 1.82) is 0 Å². The molecule has 5 heteroatoms.